The lowest BCUT2D eigenvalue weighted by atomic mass is 10.2. The third kappa shape index (κ3) is 3.41. The van der Waals surface area contributed by atoms with Crippen molar-refractivity contribution in [3.05, 3.63) is 57.0 Å². The van der Waals surface area contributed by atoms with E-state index in [1.54, 1.807) is 30.3 Å². The smallest absolute Gasteiger partial charge is 0.340 e. The molecule has 0 saturated carbocycles. The SMILES string of the molecule is O=S(=O)(Oc1ccccc1)c1cc(Br)c(CO)cc1Br. The van der Waals surface area contributed by atoms with Crippen LogP contribution in [0.2, 0.25) is 0 Å². The van der Waals surface area contributed by atoms with Crippen molar-refractivity contribution in [1.82, 2.24) is 0 Å². The van der Waals surface area contributed by atoms with Crippen molar-refractivity contribution in [2.75, 3.05) is 0 Å². The molecule has 2 aromatic carbocycles. The average molecular weight is 422 g/mol. The number of aliphatic hydroxyl groups is 1. The van der Waals surface area contributed by atoms with Crippen LogP contribution < -0.4 is 4.18 Å². The van der Waals surface area contributed by atoms with Crippen molar-refractivity contribution in [3.63, 3.8) is 0 Å². The summed E-state index contributed by atoms with van der Waals surface area (Å²) < 4.78 is 30.4. The molecule has 1 N–H and O–H groups in total. The zero-order valence-corrected chi connectivity index (χ0v) is 14.1. The van der Waals surface area contributed by atoms with E-state index < -0.39 is 10.1 Å². The lowest BCUT2D eigenvalue weighted by Crippen LogP contribution is -2.11. The highest BCUT2D eigenvalue weighted by Gasteiger charge is 2.21. The highest BCUT2D eigenvalue weighted by molar-refractivity contribution is 9.11. The van der Waals surface area contributed by atoms with Crippen LogP contribution in [0.5, 0.6) is 5.75 Å². The van der Waals surface area contributed by atoms with Gasteiger partial charge in [0.1, 0.15) is 10.6 Å². The van der Waals surface area contributed by atoms with Crippen LogP contribution >= 0.6 is 31.9 Å². The lowest BCUT2D eigenvalue weighted by Gasteiger charge is -2.10. The van der Waals surface area contributed by atoms with Crippen molar-refractivity contribution >= 4 is 42.0 Å². The van der Waals surface area contributed by atoms with Gasteiger partial charge in [0, 0.05) is 8.95 Å². The fourth-order valence-electron chi connectivity index (χ4n) is 1.53. The van der Waals surface area contributed by atoms with E-state index in [1.807, 2.05) is 0 Å². The molecule has 2 rings (SSSR count). The molecule has 0 aromatic heterocycles. The summed E-state index contributed by atoms with van der Waals surface area (Å²) in [5, 5.41) is 9.14. The van der Waals surface area contributed by atoms with Crippen LogP contribution in [0.1, 0.15) is 5.56 Å². The first-order valence-electron chi connectivity index (χ1n) is 5.52. The standard InChI is InChI=1S/C13H10Br2O4S/c14-11-7-13(12(15)6-9(11)8-16)20(17,18)19-10-4-2-1-3-5-10/h1-7,16H,8H2. The highest BCUT2D eigenvalue weighted by atomic mass is 79.9. The number of aliphatic hydroxyl groups excluding tert-OH is 1. The first-order valence-corrected chi connectivity index (χ1v) is 8.52. The zero-order valence-electron chi connectivity index (χ0n) is 10.1. The quantitative estimate of drug-likeness (QED) is 0.767. The number of rotatable bonds is 4. The van der Waals surface area contributed by atoms with Gasteiger partial charge in [-0.15, -0.1) is 0 Å². The molecular formula is C13H10Br2O4S. The van der Waals surface area contributed by atoms with Crippen molar-refractivity contribution < 1.29 is 17.7 Å². The normalized spacial score (nSPS) is 11.3. The molecule has 0 aliphatic carbocycles. The molecule has 106 valence electrons. The Kier molecular flexibility index (Phi) is 4.85. The highest BCUT2D eigenvalue weighted by Crippen LogP contribution is 2.31. The molecule has 0 spiro atoms. The number of hydrogen-bond donors (Lipinski definition) is 1. The van der Waals surface area contributed by atoms with E-state index in [2.05, 4.69) is 31.9 Å². The first-order chi connectivity index (χ1) is 9.44. The second kappa shape index (κ2) is 6.26. The Hall–Kier alpha value is -0.890. The topological polar surface area (TPSA) is 63.6 Å². The third-order valence-corrected chi connectivity index (χ3v) is 5.43. The van der Waals surface area contributed by atoms with Gasteiger partial charge in [0.05, 0.1) is 6.61 Å². The van der Waals surface area contributed by atoms with Crippen molar-refractivity contribution in [2.24, 2.45) is 0 Å². The van der Waals surface area contributed by atoms with Crippen LogP contribution in [-0.4, -0.2) is 13.5 Å². The molecule has 0 radical (unpaired) electrons. The molecule has 0 unspecified atom stereocenters. The summed E-state index contributed by atoms with van der Waals surface area (Å²) in [6.45, 7) is -0.195. The van der Waals surface area contributed by atoms with Crippen LogP contribution in [0, 0.1) is 0 Å². The molecular weight excluding hydrogens is 412 g/mol. The molecule has 0 atom stereocenters. The van der Waals surface area contributed by atoms with Crippen molar-refractivity contribution in [3.8, 4) is 5.75 Å². The Balaban J connectivity index is 2.42. The maximum atomic E-state index is 12.2. The van der Waals surface area contributed by atoms with Gasteiger partial charge in [-0.1, -0.05) is 34.1 Å². The predicted molar refractivity (Wildman–Crippen MR) is 82.0 cm³/mol. The van der Waals surface area contributed by atoms with E-state index in [1.165, 1.54) is 12.1 Å². The number of benzene rings is 2. The van der Waals surface area contributed by atoms with Crippen LogP contribution in [0.3, 0.4) is 0 Å². The molecule has 0 saturated heterocycles. The molecule has 7 heteroatoms. The molecule has 20 heavy (non-hydrogen) atoms. The number of hydrogen-bond acceptors (Lipinski definition) is 4. The van der Waals surface area contributed by atoms with Crippen molar-refractivity contribution in [2.45, 2.75) is 11.5 Å². The minimum atomic E-state index is -3.95. The fraction of sp³-hybridized carbons (Fsp3) is 0.0769. The fourth-order valence-corrected chi connectivity index (χ4v) is 4.15. The molecule has 0 aliphatic rings. The summed E-state index contributed by atoms with van der Waals surface area (Å²) >= 11 is 6.40. The average Bonchev–Trinajstić information content (AvgIpc) is 2.41. The Morgan fingerprint density at radius 1 is 1.05 bits per heavy atom. The van der Waals surface area contributed by atoms with Gasteiger partial charge in [0.15, 0.2) is 0 Å². The molecule has 0 aliphatic heterocycles. The summed E-state index contributed by atoms with van der Waals surface area (Å²) in [6, 6.07) is 11.2. The summed E-state index contributed by atoms with van der Waals surface area (Å²) in [4.78, 5) is -0.00886. The van der Waals surface area contributed by atoms with Crippen LogP contribution in [0.4, 0.5) is 0 Å². The van der Waals surface area contributed by atoms with E-state index in [0.717, 1.165) is 0 Å². The van der Waals surface area contributed by atoms with Gasteiger partial charge in [0.25, 0.3) is 0 Å². The van der Waals surface area contributed by atoms with Crippen LogP contribution in [0.15, 0.2) is 56.3 Å². The summed E-state index contributed by atoms with van der Waals surface area (Å²) in [7, 11) is -3.95. The maximum Gasteiger partial charge on any atom is 0.340 e. The Bertz CT molecular complexity index is 715. The third-order valence-electron chi connectivity index (χ3n) is 2.49. The predicted octanol–water partition coefficient (Wildman–Crippen LogP) is 3.47. The minimum Gasteiger partial charge on any atom is -0.392 e. The summed E-state index contributed by atoms with van der Waals surface area (Å²) in [5.74, 6) is 0.238. The van der Waals surface area contributed by atoms with E-state index in [9.17, 15) is 8.42 Å². The van der Waals surface area contributed by atoms with Crippen LogP contribution in [-0.2, 0) is 16.7 Å². The molecule has 0 fully saturated rings. The van der Waals surface area contributed by atoms with Gasteiger partial charge in [-0.3, -0.25) is 0 Å². The minimum absolute atomic E-state index is 0.00886. The Morgan fingerprint density at radius 2 is 1.70 bits per heavy atom. The van der Waals surface area contributed by atoms with Gasteiger partial charge in [-0.25, -0.2) is 0 Å². The lowest BCUT2D eigenvalue weighted by molar-refractivity contribution is 0.281. The molecule has 0 bridgehead atoms. The van der Waals surface area contributed by atoms with E-state index in [-0.39, 0.29) is 17.3 Å². The monoisotopic (exact) mass is 420 g/mol. The first kappa shape index (κ1) is 15.5. The maximum absolute atomic E-state index is 12.2. The van der Waals surface area contributed by atoms with Gasteiger partial charge < -0.3 is 9.29 Å². The molecule has 2 aromatic rings. The van der Waals surface area contributed by atoms with Gasteiger partial charge in [-0.05, 0) is 45.8 Å². The van der Waals surface area contributed by atoms with Gasteiger partial charge >= 0.3 is 10.1 Å². The number of halogens is 2. The Labute approximate surface area is 133 Å². The Morgan fingerprint density at radius 3 is 2.30 bits per heavy atom. The molecule has 0 amide bonds. The number of para-hydroxylation sites is 1. The molecule has 0 heterocycles. The zero-order chi connectivity index (χ0) is 14.8. The second-order valence-corrected chi connectivity index (χ2v) is 7.11. The van der Waals surface area contributed by atoms with Crippen molar-refractivity contribution in [1.29, 1.82) is 0 Å². The van der Waals surface area contributed by atoms with Gasteiger partial charge in [-0.2, -0.15) is 8.42 Å². The van der Waals surface area contributed by atoms with Crippen LogP contribution in [0.25, 0.3) is 0 Å². The largest absolute Gasteiger partial charge is 0.392 e. The van der Waals surface area contributed by atoms with E-state index in [0.29, 0.717) is 14.5 Å². The molecule has 4 nitrogen and oxygen atoms in total. The second-order valence-electron chi connectivity index (χ2n) is 3.88. The van der Waals surface area contributed by atoms with Gasteiger partial charge in [0.2, 0.25) is 0 Å². The summed E-state index contributed by atoms with van der Waals surface area (Å²) in [5.41, 5.74) is 0.579. The summed E-state index contributed by atoms with van der Waals surface area (Å²) in [6.07, 6.45) is 0. The van der Waals surface area contributed by atoms with E-state index in [4.69, 9.17) is 9.29 Å². The van der Waals surface area contributed by atoms with E-state index >= 15 is 0 Å².